The van der Waals surface area contributed by atoms with Crippen molar-refractivity contribution in [3.63, 3.8) is 0 Å². The summed E-state index contributed by atoms with van der Waals surface area (Å²) < 4.78 is 49.5. The number of hydrogen-bond acceptors (Lipinski definition) is 9. The van der Waals surface area contributed by atoms with E-state index in [4.69, 9.17) is 30.2 Å². The molecule has 0 unspecified atom stereocenters. The maximum Gasteiger partial charge on any atom is 0.185 e. The fraction of sp³-hybridized carbons (Fsp3) is 0.0714. The van der Waals surface area contributed by atoms with E-state index in [9.17, 15) is 13.2 Å². The molecule has 0 bridgehead atoms. The van der Waals surface area contributed by atoms with Gasteiger partial charge in [-0.3, -0.25) is 0 Å². The third kappa shape index (κ3) is 6.10. The first-order valence-electron chi connectivity index (χ1n) is 17.9. The Morgan fingerprint density at radius 3 is 0.965 bits per heavy atom. The monoisotopic (exact) mass is 756 g/mol. The molecule has 7 heterocycles. The smallest absolute Gasteiger partial charge is 0.185 e. The fourth-order valence-corrected chi connectivity index (χ4v) is 6.91. The van der Waals surface area contributed by atoms with Gasteiger partial charge in [-0.25, -0.2) is 57.1 Å². The average molecular weight is 757 g/mol. The van der Waals surface area contributed by atoms with Crippen LogP contribution in [-0.2, 0) is 19.6 Å². The van der Waals surface area contributed by atoms with Gasteiger partial charge in [-0.05, 0) is 54.6 Å². The first-order chi connectivity index (χ1) is 28.0. The van der Waals surface area contributed by atoms with Crippen molar-refractivity contribution in [2.45, 2.75) is 19.6 Å². The molecule has 0 radical (unpaired) electrons. The number of rotatable bonds is 9. The summed E-state index contributed by atoms with van der Waals surface area (Å²) in [6.07, 6.45) is 4.91. The standard InChI is InChI=1S/C42H27F3N12/c43-31-16-4-1-10-25(31)22-55-40-28(13-7-19-46-40)34(52-55)37-49-38(35-29-14-8-20-47-41(29)56(53-35)23-26-11-2-5-17-32(26)44)51-39(50-37)36-30-15-9-21-48-42(30)57(54-36)24-27-12-3-6-18-33(27)45/h1-21H,22-24H2. The van der Waals surface area contributed by atoms with Crippen molar-refractivity contribution in [1.29, 1.82) is 0 Å². The number of fused-ring (bicyclic) bond motifs is 3. The summed E-state index contributed by atoms with van der Waals surface area (Å²) in [6, 6.07) is 30.3. The van der Waals surface area contributed by atoms with Crippen LogP contribution in [0, 0.1) is 17.5 Å². The Labute approximate surface area is 321 Å². The zero-order chi connectivity index (χ0) is 38.5. The van der Waals surface area contributed by atoms with Crippen molar-refractivity contribution in [2.75, 3.05) is 0 Å². The van der Waals surface area contributed by atoms with Crippen LogP contribution in [0.2, 0.25) is 0 Å². The summed E-state index contributed by atoms with van der Waals surface area (Å²) in [4.78, 5) is 28.7. The highest BCUT2D eigenvalue weighted by atomic mass is 19.1. The number of aromatic nitrogens is 12. The van der Waals surface area contributed by atoms with E-state index < -0.39 is 0 Å². The zero-order valence-corrected chi connectivity index (χ0v) is 29.7. The van der Waals surface area contributed by atoms with Crippen molar-refractivity contribution in [2.24, 2.45) is 0 Å². The summed E-state index contributed by atoms with van der Waals surface area (Å²) in [5, 5.41) is 16.6. The largest absolute Gasteiger partial charge is 0.242 e. The van der Waals surface area contributed by atoms with E-state index in [1.54, 1.807) is 105 Å². The molecule has 276 valence electrons. The lowest BCUT2D eigenvalue weighted by atomic mass is 10.2. The second kappa shape index (κ2) is 13.9. The van der Waals surface area contributed by atoms with Gasteiger partial charge in [0.25, 0.3) is 0 Å². The molecule has 57 heavy (non-hydrogen) atoms. The molecule has 0 fully saturated rings. The maximum atomic E-state index is 14.9. The van der Waals surface area contributed by atoms with Crippen molar-refractivity contribution in [3.8, 4) is 34.6 Å². The number of benzene rings is 3. The molecule has 15 heteroatoms. The molecule has 10 rings (SSSR count). The highest BCUT2D eigenvalue weighted by Gasteiger charge is 2.25. The van der Waals surface area contributed by atoms with Crippen molar-refractivity contribution in [1.82, 2.24) is 59.2 Å². The highest BCUT2D eigenvalue weighted by Crippen LogP contribution is 2.33. The van der Waals surface area contributed by atoms with Gasteiger partial charge in [0.15, 0.2) is 34.4 Å². The van der Waals surface area contributed by atoms with Crippen molar-refractivity contribution in [3.05, 3.63) is 162 Å². The van der Waals surface area contributed by atoms with Crippen LogP contribution in [0.3, 0.4) is 0 Å². The highest BCUT2D eigenvalue weighted by molar-refractivity contribution is 5.94. The summed E-state index contributed by atoms with van der Waals surface area (Å²) in [5.41, 5.74) is 3.84. The first-order valence-corrected chi connectivity index (χ1v) is 17.9. The lowest BCUT2D eigenvalue weighted by Crippen LogP contribution is -2.07. The molecule has 0 saturated carbocycles. The molecule has 7 aromatic heterocycles. The Morgan fingerprint density at radius 1 is 0.368 bits per heavy atom. The van der Waals surface area contributed by atoms with Crippen molar-refractivity contribution < 1.29 is 13.2 Å². The molecule has 10 aromatic rings. The molecule has 0 spiro atoms. The molecule has 0 amide bonds. The lowest BCUT2D eigenvalue weighted by Gasteiger charge is -2.06. The van der Waals surface area contributed by atoms with Gasteiger partial charge >= 0.3 is 0 Å². The minimum Gasteiger partial charge on any atom is -0.242 e. The van der Waals surface area contributed by atoms with Crippen LogP contribution in [0.1, 0.15) is 16.7 Å². The molecule has 12 nitrogen and oxygen atoms in total. The summed E-state index contributed by atoms with van der Waals surface area (Å²) in [5.74, 6) is -0.617. The van der Waals surface area contributed by atoms with E-state index in [0.29, 0.717) is 66.9 Å². The predicted octanol–water partition coefficient (Wildman–Crippen LogP) is 7.67. The molecule has 0 aliphatic rings. The van der Waals surface area contributed by atoms with Crippen LogP contribution in [-0.4, -0.2) is 59.2 Å². The van der Waals surface area contributed by atoms with Gasteiger partial charge in [-0.2, -0.15) is 15.3 Å². The SMILES string of the molecule is Fc1ccccc1Cn1nc(-c2nc(-c3nn(Cc4ccccc4F)c4ncccc34)nc(-c3nn(Cc4ccccc4F)c4ncccc34)n2)c2cccnc21. The molecule has 3 aromatic carbocycles. The van der Waals surface area contributed by atoms with Crippen LogP contribution >= 0.6 is 0 Å². The third-order valence-electron chi connectivity index (χ3n) is 9.63. The van der Waals surface area contributed by atoms with E-state index in [2.05, 4.69) is 15.0 Å². The molecule has 0 N–H and O–H groups in total. The van der Waals surface area contributed by atoms with Crippen LogP contribution in [0.15, 0.2) is 128 Å². The summed E-state index contributed by atoms with van der Waals surface area (Å²) in [6.45, 7) is 0.287. The van der Waals surface area contributed by atoms with E-state index in [1.807, 2.05) is 18.2 Å². The minimum atomic E-state index is -0.374. The third-order valence-corrected chi connectivity index (χ3v) is 9.63. The first kappa shape index (κ1) is 33.9. The minimum absolute atomic E-state index is 0.0957. The van der Waals surface area contributed by atoms with Crippen molar-refractivity contribution >= 4 is 33.1 Å². The van der Waals surface area contributed by atoms with Crippen LogP contribution in [0.25, 0.3) is 67.7 Å². The molecule has 0 atom stereocenters. The average Bonchev–Trinajstić information content (AvgIpc) is 3.92. The lowest BCUT2D eigenvalue weighted by molar-refractivity contribution is 0.589. The topological polar surface area (TPSA) is 131 Å². The quantitative estimate of drug-likeness (QED) is 0.146. The summed E-state index contributed by atoms with van der Waals surface area (Å²) in [7, 11) is 0. The van der Waals surface area contributed by atoms with E-state index in [0.717, 1.165) is 0 Å². The van der Waals surface area contributed by atoms with Crippen LogP contribution in [0.5, 0.6) is 0 Å². The van der Waals surface area contributed by atoms with E-state index >= 15 is 0 Å². The Kier molecular flexibility index (Phi) is 8.24. The number of nitrogens with zero attached hydrogens (tertiary/aromatic N) is 12. The van der Waals surface area contributed by atoms with E-state index in [-0.39, 0.29) is 54.6 Å². The van der Waals surface area contributed by atoms with Gasteiger partial charge in [0.1, 0.15) is 34.5 Å². The molecule has 0 saturated heterocycles. The second-order valence-corrected chi connectivity index (χ2v) is 13.2. The van der Waals surface area contributed by atoms with Gasteiger partial charge < -0.3 is 0 Å². The second-order valence-electron chi connectivity index (χ2n) is 13.2. The van der Waals surface area contributed by atoms with Gasteiger partial charge in [0, 0.05) is 35.3 Å². The zero-order valence-electron chi connectivity index (χ0n) is 29.7. The van der Waals surface area contributed by atoms with Crippen LogP contribution < -0.4 is 0 Å². The van der Waals surface area contributed by atoms with Gasteiger partial charge in [-0.15, -0.1) is 0 Å². The fourth-order valence-electron chi connectivity index (χ4n) is 6.91. The Bertz CT molecular complexity index is 2790. The van der Waals surface area contributed by atoms with Gasteiger partial charge in [0.05, 0.1) is 35.8 Å². The molecular formula is C42H27F3N12. The number of pyridine rings is 3. The normalized spacial score (nSPS) is 11.6. The summed E-state index contributed by atoms with van der Waals surface area (Å²) >= 11 is 0. The number of hydrogen-bond donors (Lipinski definition) is 0. The predicted molar refractivity (Wildman–Crippen MR) is 206 cm³/mol. The Hall–Kier alpha value is -7.68. The molecular weight excluding hydrogens is 730 g/mol. The number of halogens is 3. The maximum absolute atomic E-state index is 14.9. The Balaban J connectivity index is 1.19. The van der Waals surface area contributed by atoms with E-state index in [1.165, 1.54) is 18.2 Å². The Morgan fingerprint density at radius 2 is 0.667 bits per heavy atom. The molecule has 0 aliphatic carbocycles. The van der Waals surface area contributed by atoms with Gasteiger partial charge in [0.2, 0.25) is 0 Å². The van der Waals surface area contributed by atoms with Crippen LogP contribution in [0.4, 0.5) is 13.2 Å². The molecule has 0 aliphatic heterocycles. The van der Waals surface area contributed by atoms with Gasteiger partial charge in [-0.1, -0.05) is 54.6 Å².